The van der Waals surface area contributed by atoms with Gasteiger partial charge in [-0.3, -0.25) is 0 Å². The molecule has 1 atom stereocenters. The fourth-order valence-corrected chi connectivity index (χ4v) is 1.79. The molecule has 1 aromatic rings. The van der Waals surface area contributed by atoms with E-state index in [1.54, 1.807) is 0 Å². The summed E-state index contributed by atoms with van der Waals surface area (Å²) < 4.78 is 0. The van der Waals surface area contributed by atoms with Crippen molar-refractivity contribution < 1.29 is 5.11 Å². The molecule has 0 heterocycles. The molecule has 0 spiro atoms. The van der Waals surface area contributed by atoms with Crippen LogP contribution < -0.4 is 5.32 Å². The molecule has 0 radical (unpaired) electrons. The van der Waals surface area contributed by atoms with Crippen LogP contribution in [0.5, 0.6) is 0 Å². The summed E-state index contributed by atoms with van der Waals surface area (Å²) in [5.74, 6) is 0. The van der Waals surface area contributed by atoms with Crippen molar-refractivity contribution in [2.24, 2.45) is 0 Å². The first-order valence-electron chi connectivity index (χ1n) is 5.77. The molecule has 0 fully saturated rings. The molecule has 3 heteroatoms. The lowest BCUT2D eigenvalue weighted by Gasteiger charge is -2.10. The highest BCUT2D eigenvalue weighted by Crippen LogP contribution is 2.17. The minimum absolute atomic E-state index is 0.194. The van der Waals surface area contributed by atoms with Gasteiger partial charge >= 0.3 is 0 Å². The van der Waals surface area contributed by atoms with Crippen molar-refractivity contribution in [3.63, 3.8) is 0 Å². The summed E-state index contributed by atoms with van der Waals surface area (Å²) in [4.78, 5) is 0. The van der Waals surface area contributed by atoms with Crippen LogP contribution in [0.2, 0.25) is 5.02 Å². The molecule has 90 valence electrons. The largest absolute Gasteiger partial charge is 0.393 e. The standard InChI is InChI=1S/C13H20ClNO/c1-3-12(16)6-7-15-9-11-5-4-10(2)8-13(11)14/h4-5,8,12,15-16H,3,6-7,9H2,1-2H3. The summed E-state index contributed by atoms with van der Waals surface area (Å²) in [5, 5.41) is 13.5. The van der Waals surface area contributed by atoms with Gasteiger partial charge in [0.2, 0.25) is 0 Å². The summed E-state index contributed by atoms with van der Waals surface area (Å²) >= 11 is 6.11. The van der Waals surface area contributed by atoms with Crippen LogP contribution in [0.1, 0.15) is 30.9 Å². The highest BCUT2D eigenvalue weighted by Gasteiger charge is 2.02. The second-order valence-corrected chi connectivity index (χ2v) is 4.53. The highest BCUT2D eigenvalue weighted by atomic mass is 35.5. The molecular formula is C13H20ClNO. The van der Waals surface area contributed by atoms with Crippen molar-refractivity contribution in [1.82, 2.24) is 5.32 Å². The van der Waals surface area contributed by atoms with Crippen molar-refractivity contribution >= 4 is 11.6 Å². The van der Waals surface area contributed by atoms with E-state index in [1.165, 1.54) is 5.56 Å². The van der Waals surface area contributed by atoms with Gasteiger partial charge < -0.3 is 10.4 Å². The van der Waals surface area contributed by atoms with Gasteiger partial charge in [-0.1, -0.05) is 30.7 Å². The lowest BCUT2D eigenvalue weighted by Crippen LogP contribution is -2.19. The topological polar surface area (TPSA) is 32.3 Å². The Hall–Kier alpha value is -0.570. The van der Waals surface area contributed by atoms with Gasteiger partial charge in [-0.25, -0.2) is 0 Å². The smallest absolute Gasteiger partial charge is 0.0549 e. The normalized spacial score (nSPS) is 12.8. The minimum Gasteiger partial charge on any atom is -0.393 e. The molecule has 0 aliphatic heterocycles. The van der Waals surface area contributed by atoms with Crippen molar-refractivity contribution in [2.45, 2.75) is 39.3 Å². The Morgan fingerprint density at radius 3 is 2.81 bits per heavy atom. The molecule has 16 heavy (non-hydrogen) atoms. The molecule has 0 saturated carbocycles. The zero-order valence-corrected chi connectivity index (χ0v) is 10.7. The lowest BCUT2D eigenvalue weighted by atomic mass is 10.1. The van der Waals surface area contributed by atoms with Crippen molar-refractivity contribution in [1.29, 1.82) is 0 Å². The fraction of sp³-hybridized carbons (Fsp3) is 0.538. The van der Waals surface area contributed by atoms with Crippen LogP contribution in [-0.2, 0) is 6.54 Å². The third-order valence-corrected chi connectivity index (χ3v) is 3.00. The number of halogens is 1. The van der Waals surface area contributed by atoms with Crippen molar-refractivity contribution in [3.8, 4) is 0 Å². The van der Waals surface area contributed by atoms with Gasteiger partial charge in [0, 0.05) is 11.6 Å². The molecule has 2 nitrogen and oxygen atoms in total. The number of nitrogens with one attached hydrogen (secondary N) is 1. The van der Waals surface area contributed by atoms with E-state index < -0.39 is 0 Å². The number of rotatable bonds is 6. The maximum absolute atomic E-state index is 9.38. The van der Waals surface area contributed by atoms with Crippen LogP contribution in [-0.4, -0.2) is 17.8 Å². The van der Waals surface area contributed by atoms with Gasteiger partial charge in [0.15, 0.2) is 0 Å². The van der Waals surface area contributed by atoms with E-state index in [0.717, 1.165) is 36.5 Å². The van der Waals surface area contributed by atoms with Gasteiger partial charge in [-0.15, -0.1) is 0 Å². The Kier molecular flexibility index (Phi) is 5.81. The number of aliphatic hydroxyl groups is 1. The summed E-state index contributed by atoms with van der Waals surface area (Å²) in [6.07, 6.45) is 1.41. The van der Waals surface area contributed by atoms with Crippen LogP contribution in [0.3, 0.4) is 0 Å². The summed E-state index contributed by atoms with van der Waals surface area (Å²) in [6.45, 7) is 5.59. The fourth-order valence-electron chi connectivity index (χ4n) is 1.49. The molecule has 0 aliphatic rings. The summed E-state index contributed by atoms with van der Waals surface area (Å²) in [5.41, 5.74) is 2.29. The summed E-state index contributed by atoms with van der Waals surface area (Å²) in [7, 11) is 0. The monoisotopic (exact) mass is 241 g/mol. The predicted octanol–water partition coefficient (Wildman–Crippen LogP) is 2.90. The minimum atomic E-state index is -0.194. The van der Waals surface area contributed by atoms with Gasteiger partial charge in [0.1, 0.15) is 0 Å². The lowest BCUT2D eigenvalue weighted by molar-refractivity contribution is 0.159. The van der Waals surface area contributed by atoms with Gasteiger partial charge in [0.05, 0.1) is 6.10 Å². The first-order chi connectivity index (χ1) is 7.63. The molecule has 0 amide bonds. The van der Waals surface area contributed by atoms with E-state index in [0.29, 0.717) is 0 Å². The summed E-state index contributed by atoms with van der Waals surface area (Å²) in [6, 6.07) is 6.07. The number of hydrogen-bond acceptors (Lipinski definition) is 2. The number of aryl methyl sites for hydroxylation is 1. The van der Waals surface area contributed by atoms with E-state index >= 15 is 0 Å². The zero-order chi connectivity index (χ0) is 12.0. The average molecular weight is 242 g/mol. The van der Waals surface area contributed by atoms with Crippen molar-refractivity contribution in [2.75, 3.05) is 6.54 Å². The molecule has 0 aromatic heterocycles. The Balaban J connectivity index is 2.32. The first-order valence-corrected chi connectivity index (χ1v) is 6.15. The molecule has 2 N–H and O–H groups in total. The molecular weight excluding hydrogens is 222 g/mol. The quantitative estimate of drug-likeness (QED) is 0.751. The Labute approximate surface area is 103 Å². The van der Waals surface area contributed by atoms with E-state index in [1.807, 2.05) is 26.0 Å². The SMILES string of the molecule is CCC(O)CCNCc1ccc(C)cc1Cl. The Morgan fingerprint density at radius 1 is 1.44 bits per heavy atom. The van der Waals surface area contributed by atoms with Gasteiger partial charge in [-0.05, 0) is 43.5 Å². The maximum atomic E-state index is 9.38. The van der Waals surface area contributed by atoms with Gasteiger partial charge in [-0.2, -0.15) is 0 Å². The molecule has 0 saturated heterocycles. The number of aliphatic hydroxyl groups excluding tert-OH is 1. The van der Waals surface area contributed by atoms with Crippen LogP contribution in [0.25, 0.3) is 0 Å². The Bertz CT molecular complexity index is 328. The highest BCUT2D eigenvalue weighted by molar-refractivity contribution is 6.31. The number of benzene rings is 1. The molecule has 0 bridgehead atoms. The second kappa shape index (κ2) is 6.89. The predicted molar refractivity (Wildman–Crippen MR) is 68.8 cm³/mol. The Morgan fingerprint density at radius 2 is 2.19 bits per heavy atom. The van der Waals surface area contributed by atoms with Crippen LogP contribution >= 0.6 is 11.6 Å². The first kappa shape index (κ1) is 13.5. The third kappa shape index (κ3) is 4.52. The van der Waals surface area contributed by atoms with E-state index in [-0.39, 0.29) is 6.10 Å². The molecule has 1 unspecified atom stereocenters. The molecule has 0 aliphatic carbocycles. The second-order valence-electron chi connectivity index (χ2n) is 4.12. The van der Waals surface area contributed by atoms with E-state index in [9.17, 15) is 5.11 Å². The third-order valence-electron chi connectivity index (χ3n) is 2.65. The molecule has 1 aromatic carbocycles. The van der Waals surface area contributed by atoms with Crippen molar-refractivity contribution in [3.05, 3.63) is 34.3 Å². The van der Waals surface area contributed by atoms with Crippen LogP contribution in [0.4, 0.5) is 0 Å². The van der Waals surface area contributed by atoms with E-state index in [4.69, 9.17) is 11.6 Å². The van der Waals surface area contributed by atoms with Gasteiger partial charge in [0.25, 0.3) is 0 Å². The molecule has 1 rings (SSSR count). The maximum Gasteiger partial charge on any atom is 0.0549 e. The zero-order valence-electron chi connectivity index (χ0n) is 9.96. The van der Waals surface area contributed by atoms with Crippen LogP contribution in [0.15, 0.2) is 18.2 Å². The average Bonchev–Trinajstić information content (AvgIpc) is 2.26. The van der Waals surface area contributed by atoms with Crippen LogP contribution in [0, 0.1) is 6.92 Å². The van der Waals surface area contributed by atoms with E-state index in [2.05, 4.69) is 11.4 Å². The number of hydrogen-bond donors (Lipinski definition) is 2.